The third kappa shape index (κ3) is 2.05. The van der Waals surface area contributed by atoms with Crippen molar-refractivity contribution in [3.63, 3.8) is 0 Å². The number of rotatable bonds is 3. The molecule has 0 saturated carbocycles. The molecule has 0 saturated heterocycles. The molecule has 0 atom stereocenters. The number of hydrogen-bond acceptors (Lipinski definition) is 5. The maximum Gasteiger partial charge on any atom is 0.297 e. The van der Waals surface area contributed by atoms with Crippen LogP contribution in [-0.2, 0) is 31.9 Å². The average molecular weight is 255 g/mol. The van der Waals surface area contributed by atoms with Gasteiger partial charge < -0.3 is 10.1 Å². The zero-order valence-corrected chi connectivity index (χ0v) is 10.2. The van der Waals surface area contributed by atoms with Crippen molar-refractivity contribution < 1.29 is 17.4 Å². The van der Waals surface area contributed by atoms with Gasteiger partial charge in [0, 0.05) is 19.2 Å². The molecule has 0 bridgehead atoms. The van der Waals surface area contributed by atoms with Crippen molar-refractivity contribution in [3.8, 4) is 0 Å². The number of carbonyl (C=O) groups excluding carboxylic acids is 1. The van der Waals surface area contributed by atoms with Gasteiger partial charge in [0.25, 0.3) is 10.1 Å². The zero-order valence-electron chi connectivity index (χ0n) is 9.39. The van der Waals surface area contributed by atoms with Crippen molar-refractivity contribution in [2.24, 2.45) is 0 Å². The summed E-state index contributed by atoms with van der Waals surface area (Å²) >= 11 is 0. The van der Waals surface area contributed by atoms with Gasteiger partial charge in [-0.2, -0.15) is 8.42 Å². The highest BCUT2D eigenvalue weighted by molar-refractivity contribution is 7.86. The third-order valence-corrected chi connectivity index (χ3v) is 4.20. The van der Waals surface area contributed by atoms with Crippen molar-refractivity contribution in [2.75, 3.05) is 19.0 Å². The Kier molecular flexibility index (Phi) is 3.17. The highest BCUT2D eigenvalue weighted by Crippen LogP contribution is 2.31. The quantitative estimate of drug-likeness (QED) is 0.637. The van der Waals surface area contributed by atoms with Crippen LogP contribution in [0.4, 0.5) is 5.69 Å². The lowest BCUT2D eigenvalue weighted by Gasteiger charge is -2.21. The molecule has 0 radical (unpaired) electrons. The first-order chi connectivity index (χ1) is 8.10. The van der Waals surface area contributed by atoms with E-state index in [0.717, 1.165) is 17.5 Å². The Bertz CT molecular complexity index is 551. The Balaban J connectivity index is 2.67. The molecule has 1 aliphatic rings. The minimum absolute atomic E-state index is 0.133. The molecule has 0 spiro atoms. The van der Waals surface area contributed by atoms with Gasteiger partial charge in [-0.15, -0.1) is 0 Å². The molecule has 6 heteroatoms. The molecule has 1 aromatic rings. The minimum Gasteiger partial charge on any atom is -0.388 e. The van der Waals surface area contributed by atoms with E-state index in [-0.39, 0.29) is 17.9 Å². The van der Waals surface area contributed by atoms with Gasteiger partial charge in [0.05, 0.1) is 11.5 Å². The van der Waals surface area contributed by atoms with Crippen LogP contribution in [0.25, 0.3) is 0 Å². The maximum absolute atomic E-state index is 11.7. The fourth-order valence-corrected chi connectivity index (χ4v) is 3.24. The van der Waals surface area contributed by atoms with E-state index in [9.17, 15) is 13.2 Å². The average Bonchev–Trinajstić information content (AvgIpc) is 2.30. The third-order valence-electron chi connectivity index (χ3n) is 2.80. The van der Waals surface area contributed by atoms with Gasteiger partial charge in [-0.3, -0.25) is 4.18 Å². The summed E-state index contributed by atoms with van der Waals surface area (Å²) in [4.78, 5) is 10.9. The first-order valence-corrected chi connectivity index (χ1v) is 6.66. The lowest BCUT2D eigenvalue weighted by Crippen LogP contribution is -2.20. The molecule has 1 aromatic carbocycles. The highest BCUT2D eigenvalue weighted by atomic mass is 32.2. The molecule has 0 aromatic heterocycles. The summed E-state index contributed by atoms with van der Waals surface area (Å²) in [6.07, 6.45) is 1.49. The predicted octanol–water partition coefficient (Wildman–Crippen LogP) is 0.731. The number of anilines is 1. The van der Waals surface area contributed by atoms with Gasteiger partial charge >= 0.3 is 0 Å². The van der Waals surface area contributed by atoms with Crippen molar-refractivity contribution in [2.45, 2.75) is 17.7 Å². The molecule has 0 unspecified atom stereocenters. The van der Waals surface area contributed by atoms with E-state index in [1.165, 1.54) is 6.07 Å². The van der Waals surface area contributed by atoms with Gasteiger partial charge in [0.15, 0.2) is 0 Å². The van der Waals surface area contributed by atoms with E-state index >= 15 is 0 Å². The van der Waals surface area contributed by atoms with Crippen molar-refractivity contribution in [3.05, 3.63) is 23.3 Å². The Hall–Kier alpha value is -1.40. The van der Waals surface area contributed by atoms with E-state index in [4.69, 9.17) is 4.18 Å². The first-order valence-electron chi connectivity index (χ1n) is 5.25. The molecule has 1 heterocycles. The minimum atomic E-state index is -3.65. The van der Waals surface area contributed by atoms with E-state index in [0.29, 0.717) is 12.0 Å². The van der Waals surface area contributed by atoms with Crippen LogP contribution in [0.1, 0.15) is 11.1 Å². The van der Waals surface area contributed by atoms with Crippen LogP contribution < -0.4 is 5.32 Å². The number of fused-ring (bicyclic) bond motifs is 1. The molecule has 0 amide bonds. The Labute approximate surface area is 99.9 Å². The van der Waals surface area contributed by atoms with Crippen LogP contribution >= 0.6 is 0 Å². The standard InChI is InChI=1S/C11H13NO4S/c1-12-10-2-3-11-9(8(10)4-6-13)5-7-16-17(11,14)15/h2-3,6,12H,4-5,7H2,1H3. The number of hydrogen-bond donors (Lipinski definition) is 1. The summed E-state index contributed by atoms with van der Waals surface area (Å²) in [5, 5.41) is 2.96. The summed E-state index contributed by atoms with van der Waals surface area (Å²) in [7, 11) is -1.91. The van der Waals surface area contributed by atoms with E-state index in [1.807, 2.05) is 0 Å². The summed E-state index contributed by atoms with van der Waals surface area (Å²) in [6, 6.07) is 3.17. The molecular formula is C11H13NO4S. The molecule has 1 aliphatic heterocycles. The van der Waals surface area contributed by atoms with Crippen molar-refractivity contribution in [1.82, 2.24) is 0 Å². The van der Waals surface area contributed by atoms with Gasteiger partial charge in [0.2, 0.25) is 0 Å². The van der Waals surface area contributed by atoms with Crippen LogP contribution in [-0.4, -0.2) is 28.4 Å². The van der Waals surface area contributed by atoms with Crippen LogP contribution in [0.3, 0.4) is 0 Å². The maximum atomic E-state index is 11.7. The first kappa shape index (κ1) is 12.1. The number of benzene rings is 1. The predicted molar refractivity (Wildman–Crippen MR) is 62.6 cm³/mol. The van der Waals surface area contributed by atoms with Crippen LogP contribution in [0, 0.1) is 0 Å². The summed E-state index contributed by atoms with van der Waals surface area (Å²) in [5.74, 6) is 0. The Morgan fingerprint density at radius 3 is 2.88 bits per heavy atom. The Morgan fingerprint density at radius 2 is 2.24 bits per heavy atom. The van der Waals surface area contributed by atoms with Gasteiger partial charge in [-0.25, -0.2) is 0 Å². The summed E-state index contributed by atoms with van der Waals surface area (Å²) < 4.78 is 28.2. The molecule has 1 N–H and O–H groups in total. The van der Waals surface area contributed by atoms with E-state index in [1.54, 1.807) is 13.1 Å². The monoisotopic (exact) mass is 255 g/mol. The second-order valence-corrected chi connectivity index (χ2v) is 5.30. The van der Waals surface area contributed by atoms with Crippen molar-refractivity contribution in [1.29, 1.82) is 0 Å². The number of aldehydes is 1. The molecule has 5 nitrogen and oxygen atoms in total. The van der Waals surface area contributed by atoms with Gasteiger partial charge in [-0.1, -0.05) is 0 Å². The van der Waals surface area contributed by atoms with Gasteiger partial charge in [-0.05, 0) is 29.7 Å². The van der Waals surface area contributed by atoms with Crippen LogP contribution in [0.2, 0.25) is 0 Å². The van der Waals surface area contributed by atoms with Crippen molar-refractivity contribution >= 4 is 22.1 Å². The smallest absolute Gasteiger partial charge is 0.297 e. The summed E-state index contributed by atoms with van der Waals surface area (Å²) in [6.45, 7) is 0.133. The molecular weight excluding hydrogens is 242 g/mol. The normalized spacial score (nSPS) is 17.2. The highest BCUT2D eigenvalue weighted by Gasteiger charge is 2.27. The molecule has 17 heavy (non-hydrogen) atoms. The summed E-state index contributed by atoms with van der Waals surface area (Å²) in [5.41, 5.74) is 2.22. The van der Waals surface area contributed by atoms with Crippen LogP contribution in [0.5, 0.6) is 0 Å². The molecule has 0 fully saturated rings. The second kappa shape index (κ2) is 4.46. The zero-order chi connectivity index (χ0) is 12.5. The topological polar surface area (TPSA) is 72.5 Å². The van der Waals surface area contributed by atoms with Crippen LogP contribution in [0.15, 0.2) is 17.0 Å². The molecule has 2 rings (SSSR count). The SMILES string of the molecule is CNc1ccc2c(c1CC=O)CCOS2(=O)=O. The Morgan fingerprint density at radius 1 is 1.47 bits per heavy atom. The number of nitrogens with one attached hydrogen (secondary N) is 1. The fraction of sp³-hybridized carbons (Fsp3) is 0.364. The lowest BCUT2D eigenvalue weighted by atomic mass is 10.00. The van der Waals surface area contributed by atoms with Gasteiger partial charge in [0.1, 0.15) is 6.29 Å². The molecule has 0 aliphatic carbocycles. The second-order valence-electron chi connectivity index (χ2n) is 3.72. The molecule has 92 valence electrons. The fourth-order valence-electron chi connectivity index (χ4n) is 2.05. The van der Waals surface area contributed by atoms with E-state index < -0.39 is 10.1 Å². The lowest BCUT2D eigenvalue weighted by molar-refractivity contribution is -0.107. The number of carbonyl (C=O) groups is 1. The van der Waals surface area contributed by atoms with E-state index in [2.05, 4.69) is 5.32 Å². The largest absolute Gasteiger partial charge is 0.388 e.